The number of hydrogen-bond donors (Lipinski definition) is 0. The van der Waals surface area contributed by atoms with Crippen LogP contribution in [0.25, 0.3) is 0 Å². The third-order valence-electron chi connectivity index (χ3n) is 3.69. The van der Waals surface area contributed by atoms with Gasteiger partial charge in [0.25, 0.3) is 0 Å². The van der Waals surface area contributed by atoms with E-state index in [2.05, 4.69) is 0 Å². The van der Waals surface area contributed by atoms with E-state index >= 15 is 0 Å². The van der Waals surface area contributed by atoms with Gasteiger partial charge in [0, 0.05) is 23.9 Å². The molecule has 0 aliphatic carbocycles. The van der Waals surface area contributed by atoms with Gasteiger partial charge in [-0.2, -0.15) is 0 Å². The lowest BCUT2D eigenvalue weighted by atomic mass is 9.99. The minimum absolute atomic E-state index is 0.118. The monoisotopic (exact) mass is 287 g/mol. The lowest BCUT2D eigenvalue weighted by molar-refractivity contribution is -0.131. The lowest BCUT2D eigenvalue weighted by Gasteiger charge is -2.33. The molecule has 0 N–H and O–H groups in total. The molecule has 20 heavy (non-hydrogen) atoms. The number of ether oxygens (including phenoxy) is 1. The predicted octanol–water partition coefficient (Wildman–Crippen LogP) is 3.27. The molecule has 1 aliphatic rings. The smallest absolute Gasteiger partial charge is 0.228 e. The van der Waals surface area contributed by atoms with Crippen LogP contribution in [-0.2, 0) is 11.2 Å². The van der Waals surface area contributed by atoms with E-state index in [0.717, 1.165) is 22.6 Å². The first-order valence-corrected chi connectivity index (χ1v) is 7.63. The van der Waals surface area contributed by atoms with E-state index in [4.69, 9.17) is 4.74 Å². The average Bonchev–Trinajstić information content (AvgIpc) is 2.99. The number of benzene rings is 1. The first kappa shape index (κ1) is 13.2. The largest absolute Gasteiger partial charge is 0.493 e. The molecule has 1 atom stereocenters. The molecule has 104 valence electrons. The van der Waals surface area contributed by atoms with Gasteiger partial charge in [-0.25, -0.2) is 0 Å². The number of nitrogens with zero attached hydrogens (tertiary/aromatic N) is 1. The number of rotatable bonds is 3. The number of likely N-dealkylation sites (N-methyl/N-ethyl adjacent to an activating group) is 1. The molecule has 0 saturated carbocycles. The topological polar surface area (TPSA) is 29.5 Å². The number of amides is 1. The summed E-state index contributed by atoms with van der Waals surface area (Å²) in [4.78, 5) is 15.4. The molecular formula is C16H17NO2S. The van der Waals surface area contributed by atoms with Crippen molar-refractivity contribution in [2.45, 2.75) is 18.9 Å². The van der Waals surface area contributed by atoms with E-state index in [1.54, 1.807) is 11.3 Å². The van der Waals surface area contributed by atoms with Gasteiger partial charge in [-0.15, -0.1) is 11.3 Å². The summed E-state index contributed by atoms with van der Waals surface area (Å²) in [6.07, 6.45) is 1.33. The predicted molar refractivity (Wildman–Crippen MR) is 80.1 cm³/mol. The molecule has 1 aromatic carbocycles. The molecule has 4 heteroatoms. The molecule has 1 aliphatic heterocycles. The van der Waals surface area contributed by atoms with E-state index in [1.165, 1.54) is 0 Å². The Labute approximate surface area is 122 Å². The van der Waals surface area contributed by atoms with Crippen LogP contribution in [0.4, 0.5) is 0 Å². The van der Waals surface area contributed by atoms with E-state index in [9.17, 15) is 4.79 Å². The van der Waals surface area contributed by atoms with E-state index < -0.39 is 0 Å². The van der Waals surface area contributed by atoms with Gasteiger partial charge >= 0.3 is 0 Å². The second-order valence-corrected chi connectivity index (χ2v) is 5.98. The summed E-state index contributed by atoms with van der Waals surface area (Å²) in [5.41, 5.74) is 1.11. The van der Waals surface area contributed by atoms with Crippen molar-refractivity contribution >= 4 is 17.2 Å². The molecule has 0 fully saturated rings. The highest BCUT2D eigenvalue weighted by atomic mass is 32.1. The van der Waals surface area contributed by atoms with Crippen molar-refractivity contribution in [3.05, 3.63) is 52.2 Å². The number of carbonyl (C=O) groups excluding carboxylic acids is 1. The van der Waals surface area contributed by atoms with Gasteiger partial charge in [-0.3, -0.25) is 4.79 Å². The normalized spacial score (nSPS) is 17.1. The van der Waals surface area contributed by atoms with Crippen molar-refractivity contribution in [3.63, 3.8) is 0 Å². The average molecular weight is 287 g/mol. The number of hydrogen-bond acceptors (Lipinski definition) is 3. The molecular weight excluding hydrogens is 270 g/mol. The Morgan fingerprint density at radius 2 is 2.20 bits per heavy atom. The first-order chi connectivity index (χ1) is 9.75. The van der Waals surface area contributed by atoms with Gasteiger partial charge in [0.2, 0.25) is 5.91 Å². The summed E-state index contributed by atoms with van der Waals surface area (Å²) < 4.78 is 5.65. The van der Waals surface area contributed by atoms with E-state index in [0.29, 0.717) is 13.0 Å². The lowest BCUT2D eigenvalue weighted by Crippen LogP contribution is -2.35. The van der Waals surface area contributed by atoms with E-state index in [-0.39, 0.29) is 11.9 Å². The number of thiophene rings is 1. The highest BCUT2D eigenvalue weighted by molar-refractivity contribution is 7.10. The zero-order valence-corrected chi connectivity index (χ0v) is 12.2. The molecule has 3 nitrogen and oxygen atoms in total. The second kappa shape index (κ2) is 5.67. The fourth-order valence-electron chi connectivity index (χ4n) is 2.59. The number of carbonyl (C=O) groups is 1. The Hall–Kier alpha value is -1.81. The van der Waals surface area contributed by atoms with Crippen LogP contribution in [0, 0.1) is 0 Å². The summed E-state index contributed by atoms with van der Waals surface area (Å²) in [7, 11) is 1.89. The number of para-hydroxylation sites is 1. The van der Waals surface area contributed by atoms with Gasteiger partial charge in [-0.05, 0) is 17.5 Å². The molecule has 2 aromatic rings. The van der Waals surface area contributed by atoms with Gasteiger partial charge in [-0.1, -0.05) is 24.3 Å². The molecule has 0 radical (unpaired) electrons. The van der Waals surface area contributed by atoms with Crippen LogP contribution in [0.1, 0.15) is 22.9 Å². The summed E-state index contributed by atoms with van der Waals surface area (Å²) in [6.45, 7) is 0.665. The Kier molecular flexibility index (Phi) is 3.74. The maximum atomic E-state index is 12.4. The maximum absolute atomic E-state index is 12.4. The van der Waals surface area contributed by atoms with Crippen LogP contribution >= 0.6 is 11.3 Å². The Morgan fingerprint density at radius 1 is 1.35 bits per heavy atom. The van der Waals surface area contributed by atoms with Crippen molar-refractivity contribution in [2.24, 2.45) is 0 Å². The van der Waals surface area contributed by atoms with Crippen molar-refractivity contribution in [1.82, 2.24) is 4.90 Å². The van der Waals surface area contributed by atoms with Crippen LogP contribution in [0.3, 0.4) is 0 Å². The molecule has 0 saturated heterocycles. The highest BCUT2D eigenvalue weighted by Gasteiger charge is 2.27. The van der Waals surface area contributed by atoms with Gasteiger partial charge in [0.15, 0.2) is 0 Å². The second-order valence-electron chi connectivity index (χ2n) is 4.95. The quantitative estimate of drug-likeness (QED) is 0.867. The maximum Gasteiger partial charge on any atom is 0.228 e. The van der Waals surface area contributed by atoms with Crippen LogP contribution in [0.15, 0.2) is 41.8 Å². The Bertz CT molecular complexity index is 594. The van der Waals surface area contributed by atoms with Gasteiger partial charge < -0.3 is 9.64 Å². The zero-order chi connectivity index (χ0) is 13.9. The van der Waals surface area contributed by atoms with Crippen LogP contribution < -0.4 is 4.74 Å². The van der Waals surface area contributed by atoms with Crippen molar-refractivity contribution in [2.75, 3.05) is 13.7 Å². The van der Waals surface area contributed by atoms with Crippen molar-refractivity contribution in [3.8, 4) is 5.75 Å². The third-order valence-corrected chi connectivity index (χ3v) is 4.57. The van der Waals surface area contributed by atoms with Crippen LogP contribution in [0.5, 0.6) is 5.75 Å². The first-order valence-electron chi connectivity index (χ1n) is 6.75. The molecule has 1 aromatic heterocycles. The Morgan fingerprint density at radius 3 is 3.00 bits per heavy atom. The summed E-state index contributed by atoms with van der Waals surface area (Å²) in [5, 5.41) is 2.01. The zero-order valence-electron chi connectivity index (χ0n) is 11.4. The molecule has 0 spiro atoms. The molecule has 2 heterocycles. The SMILES string of the molecule is CN(C(=O)Cc1cccs1)C1CCOc2ccccc21. The summed E-state index contributed by atoms with van der Waals surface area (Å²) in [6, 6.07) is 12.1. The fourth-order valence-corrected chi connectivity index (χ4v) is 3.28. The van der Waals surface area contributed by atoms with Crippen molar-refractivity contribution < 1.29 is 9.53 Å². The standard InChI is InChI=1S/C16H17NO2S/c1-17(16(18)11-12-5-4-10-20-12)14-8-9-19-15-7-3-2-6-13(14)15/h2-7,10,14H,8-9,11H2,1H3. The number of fused-ring (bicyclic) bond motifs is 1. The Balaban J connectivity index is 1.77. The van der Waals surface area contributed by atoms with Gasteiger partial charge in [0.1, 0.15) is 5.75 Å². The molecule has 1 unspecified atom stereocenters. The fraction of sp³-hybridized carbons (Fsp3) is 0.312. The molecule has 1 amide bonds. The minimum Gasteiger partial charge on any atom is -0.493 e. The summed E-state index contributed by atoms with van der Waals surface area (Å²) >= 11 is 1.63. The van der Waals surface area contributed by atoms with E-state index in [1.807, 2.05) is 53.7 Å². The molecule has 0 bridgehead atoms. The van der Waals surface area contributed by atoms with Gasteiger partial charge in [0.05, 0.1) is 19.1 Å². The highest BCUT2D eigenvalue weighted by Crippen LogP contribution is 2.35. The molecule has 3 rings (SSSR count). The van der Waals surface area contributed by atoms with Crippen LogP contribution in [0.2, 0.25) is 0 Å². The third kappa shape index (κ3) is 2.56. The van der Waals surface area contributed by atoms with Crippen LogP contribution in [-0.4, -0.2) is 24.5 Å². The summed E-state index contributed by atoms with van der Waals surface area (Å²) in [5.74, 6) is 1.06. The van der Waals surface area contributed by atoms with Crippen molar-refractivity contribution in [1.29, 1.82) is 0 Å². The minimum atomic E-state index is 0.118.